The summed E-state index contributed by atoms with van der Waals surface area (Å²) in [6.07, 6.45) is 34.1. The zero-order valence-electron chi connectivity index (χ0n) is 32.9. The van der Waals surface area contributed by atoms with Crippen LogP contribution in [0.15, 0.2) is 12.2 Å². The van der Waals surface area contributed by atoms with Gasteiger partial charge in [-0.25, -0.2) is 4.57 Å². The molecule has 4 N–H and O–H groups in total. The number of phosphoric acid groups is 1. The van der Waals surface area contributed by atoms with Crippen molar-refractivity contribution in [1.82, 2.24) is 0 Å². The highest BCUT2D eigenvalue weighted by atomic mass is 31.2. The van der Waals surface area contributed by atoms with Gasteiger partial charge < -0.3 is 25.2 Å². The number of carbonyl (C=O) groups excluding carboxylic acids is 2. The Labute approximate surface area is 316 Å². The quantitative estimate of drug-likeness (QED) is 0.0235. The van der Waals surface area contributed by atoms with E-state index in [0.29, 0.717) is 12.8 Å². The SMILES string of the molecule is CCCCCCC/C=C\CCCCCCCC(=O)OC[C@H](COP(=O)(O)OC[C@H](N)C(=O)O)OC(=O)CCCCCCCCCCCCCCCC. The van der Waals surface area contributed by atoms with Crippen LogP contribution in [0.25, 0.3) is 0 Å². The minimum absolute atomic E-state index is 0.165. The molecule has 0 aliphatic carbocycles. The van der Waals surface area contributed by atoms with Crippen LogP contribution in [0.3, 0.4) is 0 Å². The van der Waals surface area contributed by atoms with Crippen LogP contribution in [-0.4, -0.2) is 59.9 Å². The Hall–Kier alpha value is -1.78. The molecule has 0 aliphatic heterocycles. The van der Waals surface area contributed by atoms with E-state index in [9.17, 15) is 23.8 Å². The molecule has 12 heteroatoms. The Morgan fingerprint density at radius 1 is 0.577 bits per heavy atom. The van der Waals surface area contributed by atoms with Crippen molar-refractivity contribution in [3.8, 4) is 0 Å². The Morgan fingerprint density at radius 2 is 0.962 bits per heavy atom. The van der Waals surface area contributed by atoms with Gasteiger partial charge in [0.2, 0.25) is 0 Å². The van der Waals surface area contributed by atoms with E-state index in [1.165, 1.54) is 96.3 Å². The maximum absolute atomic E-state index is 12.6. The summed E-state index contributed by atoms with van der Waals surface area (Å²) >= 11 is 0. The largest absolute Gasteiger partial charge is 0.480 e. The van der Waals surface area contributed by atoms with Gasteiger partial charge in [0.25, 0.3) is 0 Å². The number of carboxylic acids is 1. The van der Waals surface area contributed by atoms with Crippen LogP contribution in [0.5, 0.6) is 0 Å². The molecule has 52 heavy (non-hydrogen) atoms. The van der Waals surface area contributed by atoms with Crippen molar-refractivity contribution < 1.29 is 47.5 Å². The molecule has 1 unspecified atom stereocenters. The summed E-state index contributed by atoms with van der Waals surface area (Å²) < 4.78 is 32.6. The van der Waals surface area contributed by atoms with E-state index in [-0.39, 0.29) is 19.4 Å². The van der Waals surface area contributed by atoms with Crippen LogP contribution in [0, 0.1) is 0 Å². The lowest BCUT2D eigenvalue weighted by Crippen LogP contribution is -2.34. The minimum Gasteiger partial charge on any atom is -0.480 e. The molecule has 0 amide bonds. The number of rotatable bonds is 39. The first-order valence-electron chi connectivity index (χ1n) is 20.7. The fourth-order valence-corrected chi connectivity index (χ4v) is 6.48. The van der Waals surface area contributed by atoms with Gasteiger partial charge in [-0.15, -0.1) is 0 Å². The van der Waals surface area contributed by atoms with Gasteiger partial charge in [-0.1, -0.05) is 154 Å². The number of unbranched alkanes of at least 4 members (excludes halogenated alkanes) is 23. The number of phosphoric ester groups is 1. The van der Waals surface area contributed by atoms with E-state index >= 15 is 0 Å². The number of hydrogen-bond acceptors (Lipinski definition) is 9. The molecule has 0 heterocycles. The number of nitrogens with two attached hydrogens (primary N) is 1. The van der Waals surface area contributed by atoms with E-state index in [0.717, 1.165) is 57.8 Å². The first-order valence-corrected chi connectivity index (χ1v) is 22.2. The fraction of sp³-hybridized carbons (Fsp3) is 0.875. The van der Waals surface area contributed by atoms with Crippen LogP contribution in [0.2, 0.25) is 0 Å². The van der Waals surface area contributed by atoms with E-state index < -0.39 is 51.1 Å². The molecule has 0 rings (SSSR count). The Kier molecular flexibility index (Phi) is 35.0. The number of carboxylic acid groups (broad SMARTS) is 1. The molecule has 0 radical (unpaired) electrons. The summed E-state index contributed by atoms with van der Waals surface area (Å²) in [6, 6.07) is -1.52. The van der Waals surface area contributed by atoms with Gasteiger partial charge in [-0.2, -0.15) is 0 Å². The lowest BCUT2D eigenvalue weighted by molar-refractivity contribution is -0.161. The van der Waals surface area contributed by atoms with Crippen LogP contribution >= 0.6 is 7.82 Å². The van der Waals surface area contributed by atoms with Gasteiger partial charge in [0.15, 0.2) is 6.10 Å². The summed E-state index contributed by atoms with van der Waals surface area (Å²) in [6.45, 7) is 2.79. The van der Waals surface area contributed by atoms with Gasteiger partial charge >= 0.3 is 25.7 Å². The zero-order valence-corrected chi connectivity index (χ0v) is 33.8. The molecule has 0 fully saturated rings. The molecule has 0 aromatic heterocycles. The Bertz CT molecular complexity index is 947. The van der Waals surface area contributed by atoms with Crippen molar-refractivity contribution >= 4 is 25.7 Å². The van der Waals surface area contributed by atoms with E-state index in [2.05, 4.69) is 30.5 Å². The van der Waals surface area contributed by atoms with Crippen molar-refractivity contribution in [2.75, 3.05) is 19.8 Å². The average molecular weight is 762 g/mol. The van der Waals surface area contributed by atoms with Gasteiger partial charge in [-0.05, 0) is 38.5 Å². The third-order valence-electron chi connectivity index (χ3n) is 9.01. The first kappa shape index (κ1) is 50.2. The number of allylic oxidation sites excluding steroid dienone is 2. The van der Waals surface area contributed by atoms with E-state index in [1.54, 1.807) is 0 Å². The monoisotopic (exact) mass is 762 g/mol. The number of carbonyl (C=O) groups is 3. The molecule has 306 valence electrons. The van der Waals surface area contributed by atoms with Crippen molar-refractivity contribution in [3.63, 3.8) is 0 Å². The normalized spacial score (nSPS) is 13.9. The van der Waals surface area contributed by atoms with Crippen LogP contribution in [-0.2, 0) is 37.5 Å². The molecule has 0 bridgehead atoms. The third kappa shape index (κ3) is 35.3. The number of aliphatic carboxylic acids is 1. The predicted octanol–water partition coefficient (Wildman–Crippen LogP) is 10.5. The lowest BCUT2D eigenvalue weighted by atomic mass is 10.0. The van der Waals surface area contributed by atoms with Crippen LogP contribution in [0.1, 0.15) is 194 Å². The molecule has 0 spiro atoms. The molecule has 11 nitrogen and oxygen atoms in total. The third-order valence-corrected chi connectivity index (χ3v) is 9.96. The Balaban J connectivity index is 4.39. The van der Waals surface area contributed by atoms with Gasteiger partial charge in [0, 0.05) is 12.8 Å². The standard InChI is InChI=1S/C40H76NO10P/c1-3-5-7-9-11-13-15-17-19-21-23-25-27-29-31-38(42)48-33-36(34-49-52(46,47)50-35-37(41)40(44)45)51-39(43)32-30-28-26-24-22-20-18-16-14-12-10-8-6-4-2/h15,17,36-37H,3-14,16,18-35,41H2,1-2H3,(H,44,45)(H,46,47)/b17-15-/t36-,37+/m1/s1. The van der Waals surface area contributed by atoms with Gasteiger partial charge in [0.05, 0.1) is 13.2 Å². The molecule has 0 aliphatic rings. The maximum atomic E-state index is 12.6. The van der Waals surface area contributed by atoms with Crippen molar-refractivity contribution in [3.05, 3.63) is 12.2 Å². The second-order valence-corrected chi connectivity index (χ2v) is 15.6. The molecular weight excluding hydrogens is 685 g/mol. The van der Waals surface area contributed by atoms with Crippen molar-refractivity contribution in [2.45, 2.75) is 206 Å². The second-order valence-electron chi connectivity index (χ2n) is 14.1. The molecule has 0 saturated carbocycles. The summed E-state index contributed by atoms with van der Waals surface area (Å²) in [4.78, 5) is 45.8. The zero-order chi connectivity index (χ0) is 38.5. The number of esters is 2. The second kappa shape index (κ2) is 36.2. The van der Waals surface area contributed by atoms with Crippen molar-refractivity contribution in [2.24, 2.45) is 5.73 Å². The summed E-state index contributed by atoms with van der Waals surface area (Å²) in [5.41, 5.74) is 5.32. The number of ether oxygens (including phenoxy) is 2. The smallest absolute Gasteiger partial charge is 0.472 e. The summed E-state index contributed by atoms with van der Waals surface area (Å²) in [7, 11) is -4.71. The van der Waals surface area contributed by atoms with Crippen LogP contribution in [0.4, 0.5) is 0 Å². The Morgan fingerprint density at radius 3 is 1.40 bits per heavy atom. The maximum Gasteiger partial charge on any atom is 0.472 e. The van der Waals surface area contributed by atoms with Gasteiger partial charge in [0.1, 0.15) is 12.6 Å². The van der Waals surface area contributed by atoms with E-state index in [1.807, 2.05) is 0 Å². The highest BCUT2D eigenvalue weighted by Gasteiger charge is 2.28. The summed E-state index contributed by atoms with van der Waals surface area (Å²) in [5.74, 6) is -2.38. The molecule has 0 aromatic rings. The predicted molar refractivity (Wildman–Crippen MR) is 208 cm³/mol. The molecule has 0 saturated heterocycles. The first-order chi connectivity index (χ1) is 25.1. The lowest BCUT2D eigenvalue weighted by Gasteiger charge is -2.20. The topological polar surface area (TPSA) is 172 Å². The minimum atomic E-state index is -4.71. The molecule has 3 atom stereocenters. The average Bonchev–Trinajstić information content (AvgIpc) is 3.12. The fourth-order valence-electron chi connectivity index (χ4n) is 5.71. The summed E-state index contributed by atoms with van der Waals surface area (Å²) in [5, 5.41) is 8.87. The van der Waals surface area contributed by atoms with Crippen LogP contribution < -0.4 is 5.73 Å². The highest BCUT2D eigenvalue weighted by Crippen LogP contribution is 2.43. The molecular formula is C40H76NO10P. The van der Waals surface area contributed by atoms with Gasteiger partial charge in [-0.3, -0.25) is 23.4 Å². The van der Waals surface area contributed by atoms with E-state index in [4.69, 9.17) is 24.8 Å². The highest BCUT2D eigenvalue weighted by molar-refractivity contribution is 7.47. The van der Waals surface area contributed by atoms with Crippen molar-refractivity contribution in [1.29, 1.82) is 0 Å². The molecule has 0 aromatic carbocycles. The number of hydrogen-bond donors (Lipinski definition) is 3.